The Kier molecular flexibility index (Phi) is 4.33. The van der Waals surface area contributed by atoms with Crippen LogP contribution < -0.4 is 5.32 Å². The summed E-state index contributed by atoms with van der Waals surface area (Å²) in [4.78, 5) is 26.2. The van der Waals surface area contributed by atoms with Gasteiger partial charge in [-0.2, -0.15) is 5.10 Å². The van der Waals surface area contributed by atoms with Crippen molar-refractivity contribution in [2.75, 3.05) is 11.9 Å². The lowest BCUT2D eigenvalue weighted by Gasteiger charge is -2.28. The maximum absolute atomic E-state index is 13.0. The van der Waals surface area contributed by atoms with Crippen molar-refractivity contribution < 1.29 is 14.0 Å². The highest BCUT2D eigenvalue weighted by atomic mass is 19.1. The van der Waals surface area contributed by atoms with E-state index in [1.165, 1.54) is 24.3 Å². The Morgan fingerprint density at radius 1 is 1.29 bits per heavy atom. The molecule has 0 saturated heterocycles. The molecular formula is C17H19FN4O2. The van der Waals surface area contributed by atoms with Gasteiger partial charge in [0.15, 0.2) is 0 Å². The molecule has 0 saturated carbocycles. The van der Waals surface area contributed by atoms with E-state index in [0.717, 1.165) is 11.3 Å². The van der Waals surface area contributed by atoms with Crippen molar-refractivity contribution in [3.63, 3.8) is 0 Å². The Balaban J connectivity index is 1.77. The molecule has 24 heavy (non-hydrogen) atoms. The van der Waals surface area contributed by atoms with Gasteiger partial charge in [-0.3, -0.25) is 14.7 Å². The number of hydrogen-bond acceptors (Lipinski definition) is 3. The van der Waals surface area contributed by atoms with Gasteiger partial charge in [0, 0.05) is 30.0 Å². The van der Waals surface area contributed by atoms with Crippen LogP contribution >= 0.6 is 0 Å². The Hall–Kier alpha value is -2.70. The Morgan fingerprint density at radius 2 is 2.00 bits per heavy atom. The third-order valence-electron chi connectivity index (χ3n) is 4.07. The first-order chi connectivity index (χ1) is 11.5. The molecule has 2 amide bonds. The third-order valence-corrected chi connectivity index (χ3v) is 4.07. The number of carbonyl (C=O) groups excluding carboxylic acids is 2. The van der Waals surface area contributed by atoms with E-state index in [9.17, 15) is 14.0 Å². The number of H-pyrrole nitrogens is 1. The summed E-state index contributed by atoms with van der Waals surface area (Å²) in [5.41, 5.74) is 2.04. The highest BCUT2D eigenvalue weighted by Gasteiger charge is 2.27. The van der Waals surface area contributed by atoms with Gasteiger partial charge in [0.25, 0.3) is 5.91 Å². The second-order valence-corrected chi connectivity index (χ2v) is 6.15. The monoisotopic (exact) mass is 330 g/mol. The van der Waals surface area contributed by atoms with Gasteiger partial charge in [-0.25, -0.2) is 4.39 Å². The van der Waals surface area contributed by atoms with Crippen molar-refractivity contribution in [2.24, 2.45) is 5.92 Å². The SMILES string of the molecule is CC(C)C(=O)N1CCc2n[nH]c(NC(=O)c3ccc(F)cc3)c2C1. The minimum atomic E-state index is -0.395. The number of rotatable bonds is 3. The summed E-state index contributed by atoms with van der Waals surface area (Å²) in [7, 11) is 0. The van der Waals surface area contributed by atoms with Crippen molar-refractivity contribution in [1.29, 1.82) is 0 Å². The Morgan fingerprint density at radius 3 is 2.67 bits per heavy atom. The lowest BCUT2D eigenvalue weighted by Crippen LogP contribution is -2.38. The topological polar surface area (TPSA) is 78.1 Å². The van der Waals surface area contributed by atoms with Crippen LogP contribution in [-0.4, -0.2) is 33.5 Å². The molecular weight excluding hydrogens is 311 g/mol. The largest absolute Gasteiger partial charge is 0.338 e. The molecule has 1 aliphatic heterocycles. The van der Waals surface area contributed by atoms with Crippen molar-refractivity contribution in [2.45, 2.75) is 26.8 Å². The average Bonchev–Trinajstić information content (AvgIpc) is 2.96. The van der Waals surface area contributed by atoms with E-state index in [2.05, 4.69) is 15.5 Å². The van der Waals surface area contributed by atoms with Crippen molar-refractivity contribution >= 4 is 17.6 Å². The van der Waals surface area contributed by atoms with Gasteiger partial charge in [-0.05, 0) is 24.3 Å². The van der Waals surface area contributed by atoms with Crippen LogP contribution in [0.15, 0.2) is 24.3 Å². The molecule has 126 valence electrons. The zero-order valence-electron chi connectivity index (χ0n) is 13.6. The van der Waals surface area contributed by atoms with Crippen LogP contribution in [0.25, 0.3) is 0 Å². The van der Waals surface area contributed by atoms with Crippen LogP contribution in [0.4, 0.5) is 10.2 Å². The molecule has 1 aromatic heterocycles. The average molecular weight is 330 g/mol. The van der Waals surface area contributed by atoms with Gasteiger partial charge < -0.3 is 10.2 Å². The molecule has 6 nitrogen and oxygen atoms in total. The van der Waals surface area contributed by atoms with Crippen LogP contribution in [-0.2, 0) is 17.8 Å². The van der Waals surface area contributed by atoms with E-state index in [-0.39, 0.29) is 17.7 Å². The number of hydrogen-bond donors (Lipinski definition) is 2. The minimum Gasteiger partial charge on any atom is -0.338 e. The molecule has 0 radical (unpaired) electrons. The van der Waals surface area contributed by atoms with Crippen LogP contribution in [0.1, 0.15) is 35.5 Å². The highest BCUT2D eigenvalue weighted by molar-refractivity contribution is 6.04. The summed E-state index contributed by atoms with van der Waals surface area (Å²) >= 11 is 0. The molecule has 0 bridgehead atoms. The molecule has 2 heterocycles. The van der Waals surface area contributed by atoms with E-state index < -0.39 is 5.82 Å². The van der Waals surface area contributed by atoms with Gasteiger partial charge in [0.2, 0.25) is 5.91 Å². The number of halogens is 1. The van der Waals surface area contributed by atoms with Gasteiger partial charge in [-0.15, -0.1) is 0 Å². The summed E-state index contributed by atoms with van der Waals surface area (Å²) in [5.74, 6) is -0.254. The Labute approximate surface area is 139 Å². The lowest BCUT2D eigenvalue weighted by molar-refractivity contribution is -0.135. The predicted octanol–water partition coefficient (Wildman–Crippen LogP) is 2.34. The van der Waals surface area contributed by atoms with Crippen LogP contribution in [0.3, 0.4) is 0 Å². The molecule has 0 aliphatic carbocycles. The van der Waals surface area contributed by atoms with Crippen LogP contribution in [0.5, 0.6) is 0 Å². The van der Waals surface area contributed by atoms with E-state index in [4.69, 9.17) is 0 Å². The standard InChI is InChI=1S/C17H19FN4O2/c1-10(2)17(24)22-8-7-14-13(9-22)15(21-20-14)19-16(23)11-3-5-12(18)6-4-11/h3-6,10H,7-9H2,1-2H3,(H2,19,20,21,23). The Bertz CT molecular complexity index is 767. The van der Waals surface area contributed by atoms with Crippen molar-refractivity contribution in [3.8, 4) is 0 Å². The first-order valence-corrected chi connectivity index (χ1v) is 7.87. The van der Waals surface area contributed by atoms with Crippen LogP contribution in [0.2, 0.25) is 0 Å². The molecule has 1 aromatic carbocycles. The second kappa shape index (κ2) is 6.43. The number of aromatic amines is 1. The number of nitrogens with zero attached hydrogens (tertiary/aromatic N) is 2. The fourth-order valence-corrected chi connectivity index (χ4v) is 2.73. The first kappa shape index (κ1) is 16.2. The molecule has 0 atom stereocenters. The molecule has 0 unspecified atom stereocenters. The van der Waals surface area contributed by atoms with Crippen molar-refractivity contribution in [1.82, 2.24) is 15.1 Å². The smallest absolute Gasteiger partial charge is 0.256 e. The molecule has 2 aromatic rings. The van der Waals surface area contributed by atoms with Gasteiger partial charge in [0.1, 0.15) is 11.6 Å². The molecule has 2 N–H and O–H groups in total. The van der Waals surface area contributed by atoms with E-state index in [1.807, 2.05) is 13.8 Å². The lowest BCUT2D eigenvalue weighted by atomic mass is 10.1. The summed E-state index contributed by atoms with van der Waals surface area (Å²) in [6, 6.07) is 5.31. The van der Waals surface area contributed by atoms with Crippen molar-refractivity contribution in [3.05, 3.63) is 46.9 Å². The fraction of sp³-hybridized carbons (Fsp3) is 0.353. The number of aromatic nitrogens is 2. The molecule has 0 spiro atoms. The number of anilines is 1. The zero-order chi connectivity index (χ0) is 17.3. The number of nitrogens with one attached hydrogen (secondary N) is 2. The first-order valence-electron chi connectivity index (χ1n) is 7.87. The predicted molar refractivity (Wildman–Crippen MR) is 86.9 cm³/mol. The van der Waals surface area contributed by atoms with Crippen LogP contribution in [0, 0.1) is 11.7 Å². The normalized spacial score (nSPS) is 13.8. The highest BCUT2D eigenvalue weighted by Crippen LogP contribution is 2.25. The number of fused-ring (bicyclic) bond motifs is 1. The number of benzene rings is 1. The summed E-state index contributed by atoms with van der Waals surface area (Å²) in [6.07, 6.45) is 0.650. The third kappa shape index (κ3) is 3.15. The van der Waals surface area contributed by atoms with Gasteiger partial charge in [0.05, 0.1) is 12.2 Å². The molecule has 7 heteroatoms. The number of amides is 2. The molecule has 3 rings (SSSR count). The van der Waals surface area contributed by atoms with E-state index in [1.54, 1.807) is 4.90 Å². The second-order valence-electron chi connectivity index (χ2n) is 6.15. The minimum absolute atomic E-state index is 0.0734. The summed E-state index contributed by atoms with van der Waals surface area (Å²) < 4.78 is 13.0. The number of carbonyl (C=O) groups is 2. The molecule has 1 aliphatic rings. The molecule has 0 fully saturated rings. The summed E-state index contributed by atoms with van der Waals surface area (Å²) in [5, 5.41) is 9.80. The maximum atomic E-state index is 13.0. The van der Waals surface area contributed by atoms with E-state index >= 15 is 0 Å². The van der Waals surface area contributed by atoms with Gasteiger partial charge >= 0.3 is 0 Å². The quantitative estimate of drug-likeness (QED) is 0.907. The maximum Gasteiger partial charge on any atom is 0.256 e. The zero-order valence-corrected chi connectivity index (χ0v) is 13.6. The van der Waals surface area contributed by atoms with E-state index in [0.29, 0.717) is 30.9 Å². The van der Waals surface area contributed by atoms with Gasteiger partial charge in [-0.1, -0.05) is 13.8 Å². The fourth-order valence-electron chi connectivity index (χ4n) is 2.73. The summed E-state index contributed by atoms with van der Waals surface area (Å²) in [6.45, 7) is 4.77.